The number of thioether (sulfide) groups is 1. The van der Waals surface area contributed by atoms with E-state index < -0.39 is 6.10 Å². The topological polar surface area (TPSA) is 49.7 Å². The second kappa shape index (κ2) is 6.89. The molecule has 0 bridgehead atoms. The highest BCUT2D eigenvalue weighted by Crippen LogP contribution is 2.35. The van der Waals surface area contributed by atoms with E-state index in [0.29, 0.717) is 5.75 Å². The third kappa shape index (κ3) is 3.91. The number of aliphatic hydroxyl groups is 2. The molecule has 4 heteroatoms. The number of methoxy groups -OCH3 is 1. The maximum absolute atomic E-state index is 9.80. The first kappa shape index (κ1) is 14.4. The van der Waals surface area contributed by atoms with Crippen molar-refractivity contribution in [1.29, 1.82) is 0 Å². The van der Waals surface area contributed by atoms with Gasteiger partial charge in [0.1, 0.15) is 5.75 Å². The Balaban J connectivity index is 2.90. The van der Waals surface area contributed by atoms with Crippen LogP contribution in [0.15, 0.2) is 23.1 Å². The average Bonchev–Trinajstić information content (AvgIpc) is 2.34. The van der Waals surface area contributed by atoms with Crippen LogP contribution in [-0.4, -0.2) is 29.7 Å². The number of hydrogen-bond donors (Lipinski definition) is 2. The number of benzene rings is 1. The number of aliphatic hydroxyl groups excluding tert-OH is 2. The SMILES string of the molecule is COc1cccc(SCC(C)CO)c1[C@H](C)O. The lowest BCUT2D eigenvalue weighted by Gasteiger charge is -2.16. The largest absolute Gasteiger partial charge is 0.496 e. The molecule has 3 nitrogen and oxygen atoms in total. The lowest BCUT2D eigenvalue weighted by molar-refractivity contribution is 0.191. The van der Waals surface area contributed by atoms with Crippen molar-refractivity contribution < 1.29 is 14.9 Å². The Morgan fingerprint density at radius 3 is 2.59 bits per heavy atom. The maximum atomic E-state index is 9.80. The van der Waals surface area contributed by atoms with Gasteiger partial charge in [0.05, 0.1) is 13.2 Å². The Bertz CT molecular complexity index is 353. The van der Waals surface area contributed by atoms with E-state index >= 15 is 0 Å². The third-order valence-electron chi connectivity index (χ3n) is 2.50. The second-order valence-electron chi connectivity index (χ2n) is 4.15. The molecular weight excluding hydrogens is 236 g/mol. The van der Waals surface area contributed by atoms with Gasteiger partial charge in [-0.15, -0.1) is 11.8 Å². The summed E-state index contributed by atoms with van der Waals surface area (Å²) in [5, 5.41) is 18.8. The molecule has 0 radical (unpaired) electrons. The van der Waals surface area contributed by atoms with Gasteiger partial charge < -0.3 is 14.9 Å². The Morgan fingerprint density at radius 1 is 1.35 bits per heavy atom. The standard InChI is InChI=1S/C13H20O3S/c1-9(7-14)8-17-12-6-4-5-11(16-3)13(12)10(2)15/h4-6,9-10,14-15H,7-8H2,1-3H3/t9?,10-/m0/s1. The number of ether oxygens (including phenoxy) is 1. The minimum Gasteiger partial charge on any atom is -0.496 e. The van der Waals surface area contributed by atoms with Crippen LogP contribution in [0.3, 0.4) is 0 Å². The highest BCUT2D eigenvalue weighted by Gasteiger charge is 2.14. The molecule has 0 aliphatic carbocycles. The highest BCUT2D eigenvalue weighted by atomic mass is 32.2. The van der Waals surface area contributed by atoms with Crippen LogP contribution in [0, 0.1) is 5.92 Å². The van der Waals surface area contributed by atoms with Gasteiger partial charge in [-0.3, -0.25) is 0 Å². The van der Waals surface area contributed by atoms with Crippen molar-refractivity contribution in [3.05, 3.63) is 23.8 Å². The lowest BCUT2D eigenvalue weighted by Crippen LogP contribution is -2.05. The van der Waals surface area contributed by atoms with E-state index in [1.54, 1.807) is 25.8 Å². The molecule has 0 fully saturated rings. The van der Waals surface area contributed by atoms with E-state index in [1.807, 2.05) is 25.1 Å². The van der Waals surface area contributed by atoms with Crippen molar-refractivity contribution in [2.45, 2.75) is 24.8 Å². The molecule has 96 valence electrons. The molecule has 1 aromatic carbocycles. The Hall–Kier alpha value is -0.710. The van der Waals surface area contributed by atoms with Crippen molar-refractivity contribution in [3.8, 4) is 5.75 Å². The lowest BCUT2D eigenvalue weighted by atomic mass is 10.1. The van der Waals surface area contributed by atoms with Crippen LogP contribution in [0.5, 0.6) is 5.75 Å². The van der Waals surface area contributed by atoms with Crippen LogP contribution < -0.4 is 4.74 Å². The number of rotatable bonds is 6. The molecule has 2 atom stereocenters. The van der Waals surface area contributed by atoms with Crippen molar-refractivity contribution >= 4 is 11.8 Å². The van der Waals surface area contributed by atoms with Crippen molar-refractivity contribution in [1.82, 2.24) is 0 Å². The maximum Gasteiger partial charge on any atom is 0.125 e. The zero-order valence-corrected chi connectivity index (χ0v) is 11.3. The van der Waals surface area contributed by atoms with Gasteiger partial charge in [0.25, 0.3) is 0 Å². The van der Waals surface area contributed by atoms with Crippen LogP contribution in [0.25, 0.3) is 0 Å². The molecular formula is C13H20O3S. The molecule has 0 saturated heterocycles. The highest BCUT2D eigenvalue weighted by molar-refractivity contribution is 7.99. The smallest absolute Gasteiger partial charge is 0.125 e. The predicted molar refractivity (Wildman–Crippen MR) is 70.6 cm³/mol. The summed E-state index contributed by atoms with van der Waals surface area (Å²) in [6.07, 6.45) is -0.557. The Morgan fingerprint density at radius 2 is 2.06 bits per heavy atom. The summed E-state index contributed by atoms with van der Waals surface area (Å²) in [7, 11) is 1.60. The van der Waals surface area contributed by atoms with Crippen LogP contribution >= 0.6 is 11.8 Å². The fourth-order valence-corrected chi connectivity index (χ4v) is 2.70. The first-order chi connectivity index (χ1) is 8.10. The van der Waals surface area contributed by atoms with E-state index in [4.69, 9.17) is 9.84 Å². The first-order valence-corrected chi connectivity index (χ1v) is 6.67. The van der Waals surface area contributed by atoms with Crippen LogP contribution in [-0.2, 0) is 0 Å². The van der Waals surface area contributed by atoms with E-state index in [-0.39, 0.29) is 12.5 Å². The normalized spacial score (nSPS) is 14.4. The van der Waals surface area contributed by atoms with E-state index in [1.165, 1.54) is 0 Å². The van der Waals surface area contributed by atoms with E-state index in [2.05, 4.69) is 0 Å². The molecule has 0 aliphatic heterocycles. The molecule has 1 unspecified atom stereocenters. The molecule has 0 spiro atoms. The zero-order valence-electron chi connectivity index (χ0n) is 10.5. The zero-order chi connectivity index (χ0) is 12.8. The molecule has 2 N–H and O–H groups in total. The minimum atomic E-state index is -0.557. The van der Waals surface area contributed by atoms with Gasteiger partial charge in [0.2, 0.25) is 0 Å². The Labute approximate surface area is 107 Å². The Kier molecular flexibility index (Phi) is 5.82. The molecule has 0 heterocycles. The van der Waals surface area contributed by atoms with Gasteiger partial charge >= 0.3 is 0 Å². The summed E-state index contributed by atoms with van der Waals surface area (Å²) in [6, 6.07) is 5.73. The van der Waals surface area contributed by atoms with Crippen molar-refractivity contribution in [3.63, 3.8) is 0 Å². The van der Waals surface area contributed by atoms with Crippen LogP contribution in [0.4, 0.5) is 0 Å². The summed E-state index contributed by atoms with van der Waals surface area (Å²) in [5.41, 5.74) is 0.824. The average molecular weight is 256 g/mol. The second-order valence-corrected chi connectivity index (χ2v) is 5.21. The van der Waals surface area contributed by atoms with Gasteiger partial charge in [-0.05, 0) is 25.0 Å². The van der Waals surface area contributed by atoms with Crippen molar-refractivity contribution in [2.24, 2.45) is 5.92 Å². The summed E-state index contributed by atoms with van der Waals surface area (Å²) in [4.78, 5) is 1.01. The first-order valence-electron chi connectivity index (χ1n) is 5.68. The summed E-state index contributed by atoms with van der Waals surface area (Å²) >= 11 is 1.64. The van der Waals surface area contributed by atoms with Gasteiger partial charge in [-0.1, -0.05) is 13.0 Å². The van der Waals surface area contributed by atoms with Gasteiger partial charge in [-0.2, -0.15) is 0 Å². The van der Waals surface area contributed by atoms with Gasteiger partial charge in [0.15, 0.2) is 0 Å². The quantitative estimate of drug-likeness (QED) is 0.768. The molecule has 0 aromatic heterocycles. The molecule has 17 heavy (non-hydrogen) atoms. The summed E-state index contributed by atoms with van der Waals surface area (Å²) < 4.78 is 5.26. The fraction of sp³-hybridized carbons (Fsp3) is 0.538. The van der Waals surface area contributed by atoms with Crippen LogP contribution in [0.2, 0.25) is 0 Å². The minimum absolute atomic E-state index is 0.182. The molecule has 0 saturated carbocycles. The van der Waals surface area contributed by atoms with Gasteiger partial charge in [0, 0.05) is 22.8 Å². The van der Waals surface area contributed by atoms with E-state index in [0.717, 1.165) is 16.2 Å². The predicted octanol–water partition coefficient (Wildman–Crippen LogP) is 2.47. The van der Waals surface area contributed by atoms with Gasteiger partial charge in [-0.25, -0.2) is 0 Å². The fourth-order valence-electron chi connectivity index (χ4n) is 1.52. The van der Waals surface area contributed by atoms with E-state index in [9.17, 15) is 5.11 Å². The molecule has 1 rings (SSSR count). The molecule has 1 aromatic rings. The van der Waals surface area contributed by atoms with Crippen molar-refractivity contribution in [2.75, 3.05) is 19.5 Å². The third-order valence-corrected chi connectivity index (χ3v) is 3.90. The molecule has 0 amide bonds. The monoisotopic (exact) mass is 256 g/mol. The number of hydrogen-bond acceptors (Lipinski definition) is 4. The van der Waals surface area contributed by atoms with Crippen LogP contribution in [0.1, 0.15) is 25.5 Å². The summed E-state index contributed by atoms with van der Waals surface area (Å²) in [6.45, 7) is 3.91. The molecule has 0 aliphatic rings. The summed E-state index contributed by atoms with van der Waals surface area (Å²) in [5.74, 6) is 1.78.